The van der Waals surface area contributed by atoms with Crippen LogP contribution in [0.15, 0.2) is 29.2 Å². The van der Waals surface area contributed by atoms with Crippen LogP contribution in [-0.4, -0.2) is 35.3 Å². The van der Waals surface area contributed by atoms with Crippen LogP contribution in [0.1, 0.15) is 19.8 Å². The minimum Gasteiger partial charge on any atom is -0.479 e. The van der Waals surface area contributed by atoms with Crippen LogP contribution in [0.5, 0.6) is 0 Å². The Morgan fingerprint density at radius 3 is 2.58 bits per heavy atom. The van der Waals surface area contributed by atoms with Gasteiger partial charge in [0, 0.05) is 23.7 Å². The van der Waals surface area contributed by atoms with Gasteiger partial charge in [0.15, 0.2) is 0 Å². The molecule has 0 aliphatic carbocycles. The van der Waals surface area contributed by atoms with Crippen LogP contribution in [0.3, 0.4) is 0 Å². The molecule has 5 heteroatoms. The Kier molecular flexibility index (Phi) is 5.48. The molecule has 2 rings (SSSR count). The SMILES string of the molecule is CCOC(=S)Sc1ccc(N2CCC(O)CC2)cc1. The maximum atomic E-state index is 9.51. The Bertz CT molecular complexity index is 414. The van der Waals surface area contributed by atoms with Crippen LogP contribution in [-0.2, 0) is 4.74 Å². The number of piperidine rings is 1. The monoisotopic (exact) mass is 297 g/mol. The number of hydrogen-bond acceptors (Lipinski definition) is 5. The highest BCUT2D eigenvalue weighted by molar-refractivity contribution is 8.22. The van der Waals surface area contributed by atoms with Crippen molar-refractivity contribution in [3.8, 4) is 0 Å². The molecule has 0 bridgehead atoms. The average molecular weight is 297 g/mol. The summed E-state index contributed by atoms with van der Waals surface area (Å²) in [7, 11) is 0. The van der Waals surface area contributed by atoms with Crippen LogP contribution in [0, 0.1) is 0 Å². The molecule has 0 amide bonds. The van der Waals surface area contributed by atoms with E-state index in [2.05, 4.69) is 29.2 Å². The van der Waals surface area contributed by atoms with E-state index in [0.29, 0.717) is 11.0 Å². The van der Waals surface area contributed by atoms with Gasteiger partial charge in [0.05, 0.1) is 12.7 Å². The van der Waals surface area contributed by atoms with Crippen molar-refractivity contribution in [3.05, 3.63) is 24.3 Å². The lowest BCUT2D eigenvalue weighted by molar-refractivity contribution is 0.145. The lowest BCUT2D eigenvalue weighted by Gasteiger charge is -2.31. The van der Waals surface area contributed by atoms with Crippen LogP contribution >= 0.6 is 24.0 Å². The lowest BCUT2D eigenvalue weighted by Crippen LogP contribution is -2.35. The summed E-state index contributed by atoms with van der Waals surface area (Å²) in [6.07, 6.45) is 1.57. The van der Waals surface area contributed by atoms with Crippen molar-refractivity contribution >= 4 is 34.0 Å². The van der Waals surface area contributed by atoms with Crippen LogP contribution in [0.4, 0.5) is 5.69 Å². The largest absolute Gasteiger partial charge is 0.479 e. The van der Waals surface area contributed by atoms with E-state index < -0.39 is 0 Å². The van der Waals surface area contributed by atoms with E-state index in [9.17, 15) is 5.11 Å². The van der Waals surface area contributed by atoms with Gasteiger partial charge in [-0.15, -0.1) is 0 Å². The van der Waals surface area contributed by atoms with Gasteiger partial charge in [-0.2, -0.15) is 0 Å². The molecule has 1 saturated heterocycles. The molecule has 1 aliphatic rings. The van der Waals surface area contributed by atoms with Crippen LogP contribution in [0.2, 0.25) is 0 Å². The summed E-state index contributed by atoms with van der Waals surface area (Å²) in [5.74, 6) is 0. The predicted molar refractivity (Wildman–Crippen MR) is 84.0 cm³/mol. The molecule has 104 valence electrons. The minimum atomic E-state index is -0.130. The van der Waals surface area contributed by atoms with E-state index in [0.717, 1.165) is 30.8 Å². The zero-order chi connectivity index (χ0) is 13.7. The fourth-order valence-corrected chi connectivity index (χ4v) is 3.14. The molecule has 1 aromatic carbocycles. The number of anilines is 1. The maximum absolute atomic E-state index is 9.51. The summed E-state index contributed by atoms with van der Waals surface area (Å²) in [6, 6.07) is 8.34. The standard InChI is InChI=1S/C14H19NO2S2/c1-2-17-14(18)19-13-5-3-11(4-6-13)15-9-7-12(16)8-10-15/h3-6,12,16H,2,7-10H2,1H3. The number of thioether (sulfide) groups is 1. The van der Waals surface area contributed by atoms with E-state index in [1.165, 1.54) is 17.4 Å². The Morgan fingerprint density at radius 2 is 2.00 bits per heavy atom. The Hall–Kier alpha value is -0.780. The van der Waals surface area contributed by atoms with Crippen LogP contribution < -0.4 is 4.90 Å². The lowest BCUT2D eigenvalue weighted by atomic mass is 10.1. The smallest absolute Gasteiger partial charge is 0.224 e. The van der Waals surface area contributed by atoms with Crippen molar-refractivity contribution in [2.75, 3.05) is 24.6 Å². The molecule has 0 atom stereocenters. The minimum absolute atomic E-state index is 0.130. The first kappa shape index (κ1) is 14.6. The normalized spacial score (nSPS) is 16.4. The molecular formula is C14H19NO2S2. The zero-order valence-corrected chi connectivity index (χ0v) is 12.7. The van der Waals surface area contributed by atoms with E-state index >= 15 is 0 Å². The molecular weight excluding hydrogens is 278 g/mol. The first-order valence-corrected chi connectivity index (χ1v) is 7.79. The molecule has 1 fully saturated rings. The molecule has 19 heavy (non-hydrogen) atoms. The summed E-state index contributed by atoms with van der Waals surface area (Å²) in [4.78, 5) is 3.40. The number of benzene rings is 1. The number of aliphatic hydroxyl groups is 1. The fraction of sp³-hybridized carbons (Fsp3) is 0.500. The Labute approximate surface area is 123 Å². The quantitative estimate of drug-likeness (QED) is 0.685. The molecule has 0 spiro atoms. The molecule has 1 aliphatic heterocycles. The summed E-state index contributed by atoms with van der Waals surface area (Å²) in [5.41, 5.74) is 1.21. The highest BCUT2D eigenvalue weighted by Crippen LogP contribution is 2.25. The van der Waals surface area contributed by atoms with E-state index in [1.807, 2.05) is 6.92 Å². The Morgan fingerprint density at radius 1 is 1.37 bits per heavy atom. The molecule has 0 saturated carbocycles. The maximum Gasteiger partial charge on any atom is 0.224 e. The third kappa shape index (κ3) is 4.37. The molecule has 3 nitrogen and oxygen atoms in total. The number of hydrogen-bond donors (Lipinski definition) is 1. The number of thiocarbonyl (C=S) groups is 1. The predicted octanol–water partition coefficient (Wildman–Crippen LogP) is 3.06. The van der Waals surface area contributed by atoms with Crippen molar-refractivity contribution in [2.45, 2.75) is 30.8 Å². The van der Waals surface area contributed by atoms with Gasteiger partial charge in [0.25, 0.3) is 0 Å². The van der Waals surface area contributed by atoms with Crippen molar-refractivity contribution in [1.82, 2.24) is 0 Å². The van der Waals surface area contributed by atoms with E-state index in [-0.39, 0.29) is 6.10 Å². The van der Waals surface area contributed by atoms with Crippen molar-refractivity contribution in [3.63, 3.8) is 0 Å². The highest BCUT2D eigenvalue weighted by atomic mass is 32.2. The molecule has 1 heterocycles. The molecule has 0 radical (unpaired) electrons. The number of nitrogens with zero attached hydrogens (tertiary/aromatic N) is 1. The summed E-state index contributed by atoms with van der Waals surface area (Å²) in [6.45, 7) is 4.39. The number of ether oxygens (including phenoxy) is 1. The second-order valence-electron chi connectivity index (χ2n) is 4.50. The summed E-state index contributed by atoms with van der Waals surface area (Å²) in [5, 5.41) is 9.51. The first-order valence-electron chi connectivity index (χ1n) is 6.56. The number of rotatable bonds is 3. The molecule has 0 unspecified atom stereocenters. The number of aliphatic hydroxyl groups excluding tert-OH is 1. The van der Waals surface area contributed by atoms with E-state index in [1.54, 1.807) is 0 Å². The van der Waals surface area contributed by atoms with Crippen molar-refractivity contribution < 1.29 is 9.84 Å². The average Bonchev–Trinajstić information content (AvgIpc) is 2.41. The van der Waals surface area contributed by atoms with Gasteiger partial charge < -0.3 is 14.7 Å². The fourth-order valence-electron chi connectivity index (χ4n) is 2.09. The molecule has 1 aromatic rings. The third-order valence-corrected chi connectivity index (χ3v) is 4.29. The Balaban J connectivity index is 1.92. The van der Waals surface area contributed by atoms with Crippen molar-refractivity contribution in [2.24, 2.45) is 0 Å². The van der Waals surface area contributed by atoms with Gasteiger partial charge in [0.2, 0.25) is 4.38 Å². The van der Waals surface area contributed by atoms with Gasteiger partial charge >= 0.3 is 0 Å². The second kappa shape index (κ2) is 7.12. The van der Waals surface area contributed by atoms with Gasteiger partial charge in [-0.05, 0) is 68.0 Å². The third-order valence-electron chi connectivity index (χ3n) is 3.13. The topological polar surface area (TPSA) is 32.7 Å². The first-order chi connectivity index (χ1) is 9.19. The second-order valence-corrected chi connectivity index (χ2v) is 6.17. The molecule has 0 aromatic heterocycles. The summed E-state index contributed by atoms with van der Waals surface area (Å²) >= 11 is 6.58. The molecule has 1 N–H and O–H groups in total. The van der Waals surface area contributed by atoms with Gasteiger partial charge in [0.1, 0.15) is 0 Å². The van der Waals surface area contributed by atoms with Gasteiger partial charge in [-0.25, -0.2) is 0 Å². The van der Waals surface area contributed by atoms with E-state index in [4.69, 9.17) is 17.0 Å². The van der Waals surface area contributed by atoms with Crippen molar-refractivity contribution in [1.29, 1.82) is 0 Å². The van der Waals surface area contributed by atoms with Gasteiger partial charge in [-0.1, -0.05) is 0 Å². The highest BCUT2D eigenvalue weighted by Gasteiger charge is 2.17. The van der Waals surface area contributed by atoms with Crippen LogP contribution in [0.25, 0.3) is 0 Å². The van der Waals surface area contributed by atoms with Gasteiger partial charge in [-0.3, -0.25) is 0 Å². The zero-order valence-electron chi connectivity index (χ0n) is 11.0. The summed E-state index contributed by atoms with van der Waals surface area (Å²) < 4.78 is 5.83.